The minimum Gasteiger partial charge on any atom is -0.364 e. The van der Waals surface area contributed by atoms with E-state index >= 15 is 0 Å². The van der Waals surface area contributed by atoms with Crippen molar-refractivity contribution in [1.82, 2.24) is 25.7 Å². The van der Waals surface area contributed by atoms with Gasteiger partial charge in [-0.2, -0.15) is 0 Å². The van der Waals surface area contributed by atoms with Crippen LogP contribution in [0.5, 0.6) is 0 Å². The Labute approximate surface area is 96.6 Å². The van der Waals surface area contributed by atoms with E-state index in [4.69, 9.17) is 0 Å². The van der Waals surface area contributed by atoms with Crippen molar-refractivity contribution in [3.8, 4) is 0 Å². The summed E-state index contributed by atoms with van der Waals surface area (Å²) in [6, 6.07) is 1.69. The second kappa shape index (κ2) is 4.00. The van der Waals surface area contributed by atoms with Crippen molar-refractivity contribution < 1.29 is 9.32 Å². The lowest BCUT2D eigenvalue weighted by Crippen LogP contribution is -2.24. The maximum atomic E-state index is 11.7. The number of aromatic amines is 1. The van der Waals surface area contributed by atoms with E-state index in [0.29, 0.717) is 18.2 Å². The van der Waals surface area contributed by atoms with Crippen LogP contribution in [0.2, 0.25) is 0 Å². The molecule has 17 heavy (non-hydrogen) atoms. The van der Waals surface area contributed by atoms with Crippen molar-refractivity contribution in [1.29, 1.82) is 0 Å². The molecule has 2 heterocycles. The van der Waals surface area contributed by atoms with E-state index in [1.807, 2.05) is 0 Å². The minimum atomic E-state index is -0.309. The molecule has 7 heteroatoms. The van der Waals surface area contributed by atoms with Gasteiger partial charge in [-0.25, -0.2) is 4.98 Å². The van der Waals surface area contributed by atoms with Crippen LogP contribution in [-0.4, -0.2) is 26.2 Å². The number of amides is 1. The van der Waals surface area contributed by atoms with Gasteiger partial charge in [-0.05, 0) is 12.8 Å². The van der Waals surface area contributed by atoms with E-state index < -0.39 is 0 Å². The summed E-state index contributed by atoms with van der Waals surface area (Å²) in [7, 11) is 0. The highest BCUT2D eigenvalue weighted by Gasteiger charge is 2.28. The number of H-pyrrole nitrogens is 1. The first-order valence-corrected chi connectivity index (χ1v) is 5.42. The summed E-state index contributed by atoms with van der Waals surface area (Å²) >= 11 is 0. The van der Waals surface area contributed by atoms with Crippen molar-refractivity contribution in [2.45, 2.75) is 25.3 Å². The Balaban J connectivity index is 1.60. The monoisotopic (exact) mass is 233 g/mol. The molecular formula is C10H11N5O2. The van der Waals surface area contributed by atoms with Crippen LogP contribution in [0.1, 0.15) is 40.9 Å². The molecule has 0 saturated heterocycles. The maximum Gasteiger partial charge on any atom is 0.291 e. The van der Waals surface area contributed by atoms with E-state index in [0.717, 1.165) is 18.7 Å². The highest BCUT2D eigenvalue weighted by Crippen LogP contribution is 2.37. The van der Waals surface area contributed by atoms with Crippen LogP contribution in [0.4, 0.5) is 0 Å². The molecule has 1 fully saturated rings. The molecule has 0 radical (unpaired) electrons. The number of hydrogen-bond donors (Lipinski definition) is 2. The minimum absolute atomic E-state index is 0.176. The van der Waals surface area contributed by atoms with Crippen LogP contribution in [0.3, 0.4) is 0 Å². The van der Waals surface area contributed by atoms with E-state index in [-0.39, 0.29) is 11.7 Å². The topological polar surface area (TPSA) is 96.7 Å². The molecule has 2 N–H and O–H groups in total. The number of hydrogen-bond acceptors (Lipinski definition) is 5. The fraction of sp³-hybridized carbons (Fsp3) is 0.400. The van der Waals surface area contributed by atoms with E-state index in [2.05, 4.69) is 30.2 Å². The molecule has 88 valence electrons. The zero-order chi connectivity index (χ0) is 11.7. The molecular weight excluding hydrogens is 222 g/mol. The molecule has 0 spiro atoms. The van der Waals surface area contributed by atoms with Crippen LogP contribution in [0, 0.1) is 0 Å². The third-order valence-corrected chi connectivity index (χ3v) is 2.59. The van der Waals surface area contributed by atoms with Gasteiger partial charge in [0, 0.05) is 12.0 Å². The molecule has 7 nitrogen and oxygen atoms in total. The second-order valence-electron chi connectivity index (χ2n) is 3.99. The molecule has 1 aliphatic carbocycles. The van der Waals surface area contributed by atoms with Gasteiger partial charge in [0.15, 0.2) is 0 Å². The summed E-state index contributed by atoms with van der Waals surface area (Å²) < 4.78 is 4.66. The van der Waals surface area contributed by atoms with Crippen molar-refractivity contribution in [3.05, 3.63) is 29.7 Å². The second-order valence-corrected chi connectivity index (χ2v) is 3.99. The molecule has 2 aromatic rings. The first-order chi connectivity index (χ1) is 8.33. The summed E-state index contributed by atoms with van der Waals surface area (Å²) in [5.74, 6) is 1.13. The van der Waals surface area contributed by atoms with Gasteiger partial charge in [0.05, 0.1) is 6.54 Å². The summed E-state index contributed by atoms with van der Waals surface area (Å²) in [5.41, 5.74) is 0.663. The molecule has 2 aromatic heterocycles. The van der Waals surface area contributed by atoms with Crippen molar-refractivity contribution >= 4 is 5.91 Å². The van der Waals surface area contributed by atoms with Gasteiger partial charge in [0.25, 0.3) is 5.91 Å². The Morgan fingerprint density at radius 3 is 3.18 bits per heavy atom. The Hall–Kier alpha value is -2.18. The van der Waals surface area contributed by atoms with Crippen LogP contribution >= 0.6 is 0 Å². The molecule has 1 saturated carbocycles. The molecule has 1 aliphatic rings. The predicted octanol–water partition coefficient (Wildman–Crippen LogP) is 0.600. The lowest BCUT2D eigenvalue weighted by atomic mass is 10.4. The van der Waals surface area contributed by atoms with Gasteiger partial charge >= 0.3 is 0 Å². The third kappa shape index (κ3) is 2.17. The highest BCUT2D eigenvalue weighted by molar-refractivity contribution is 5.90. The van der Waals surface area contributed by atoms with Crippen LogP contribution < -0.4 is 5.32 Å². The number of rotatable bonds is 4. The summed E-state index contributed by atoms with van der Waals surface area (Å²) in [5, 5.41) is 13.0. The number of aromatic nitrogens is 4. The first-order valence-electron chi connectivity index (χ1n) is 5.42. The van der Waals surface area contributed by atoms with Gasteiger partial charge in [-0.1, -0.05) is 5.16 Å². The average molecular weight is 233 g/mol. The number of carbonyl (C=O) groups is 1. The van der Waals surface area contributed by atoms with Gasteiger partial charge in [-0.3, -0.25) is 9.89 Å². The van der Waals surface area contributed by atoms with Crippen LogP contribution in [-0.2, 0) is 6.54 Å². The van der Waals surface area contributed by atoms with E-state index in [9.17, 15) is 4.79 Å². The fourth-order valence-corrected chi connectivity index (χ4v) is 1.49. The maximum absolute atomic E-state index is 11.7. The Morgan fingerprint density at radius 1 is 1.59 bits per heavy atom. The predicted molar refractivity (Wildman–Crippen MR) is 56.0 cm³/mol. The van der Waals surface area contributed by atoms with Gasteiger partial charge in [-0.15, -0.1) is 5.10 Å². The normalized spacial score (nSPS) is 14.8. The molecule has 0 unspecified atom stereocenters. The summed E-state index contributed by atoms with van der Waals surface area (Å²) in [4.78, 5) is 15.8. The smallest absolute Gasteiger partial charge is 0.291 e. The quantitative estimate of drug-likeness (QED) is 0.806. The average Bonchev–Trinajstić information content (AvgIpc) is 2.88. The lowest BCUT2D eigenvalue weighted by Gasteiger charge is -1.97. The molecule has 1 amide bonds. The largest absolute Gasteiger partial charge is 0.364 e. The Kier molecular flexibility index (Phi) is 2.36. The van der Waals surface area contributed by atoms with Gasteiger partial charge in [0.1, 0.15) is 17.8 Å². The fourth-order valence-electron chi connectivity index (χ4n) is 1.49. The summed E-state index contributed by atoms with van der Waals surface area (Å²) in [6.07, 6.45) is 3.70. The SMILES string of the molecule is O=C(NCc1ccon1)c1n[nH]c(C2CC2)n1. The lowest BCUT2D eigenvalue weighted by molar-refractivity contribution is 0.0940. The standard InChI is InChI=1S/C10H11N5O2/c16-10(11-5-7-3-4-17-15-7)9-12-8(13-14-9)6-1-2-6/h3-4,6H,1-2,5H2,(H,11,16)(H,12,13,14). The zero-order valence-corrected chi connectivity index (χ0v) is 9.01. The van der Waals surface area contributed by atoms with E-state index in [1.54, 1.807) is 6.07 Å². The Morgan fingerprint density at radius 2 is 2.47 bits per heavy atom. The number of nitrogens with one attached hydrogen (secondary N) is 2. The van der Waals surface area contributed by atoms with Crippen molar-refractivity contribution in [2.75, 3.05) is 0 Å². The van der Waals surface area contributed by atoms with Crippen LogP contribution in [0.15, 0.2) is 16.9 Å². The number of nitrogens with zero attached hydrogens (tertiary/aromatic N) is 3. The molecule has 0 atom stereocenters. The first kappa shape index (κ1) is 10.0. The molecule has 0 aliphatic heterocycles. The van der Waals surface area contributed by atoms with E-state index in [1.165, 1.54) is 6.26 Å². The summed E-state index contributed by atoms with van der Waals surface area (Å²) in [6.45, 7) is 0.308. The molecule has 0 aromatic carbocycles. The van der Waals surface area contributed by atoms with Crippen molar-refractivity contribution in [3.63, 3.8) is 0 Å². The van der Waals surface area contributed by atoms with Crippen molar-refractivity contribution in [2.24, 2.45) is 0 Å². The number of carbonyl (C=O) groups excluding carboxylic acids is 1. The zero-order valence-electron chi connectivity index (χ0n) is 9.01. The molecule has 3 rings (SSSR count). The highest BCUT2D eigenvalue weighted by atomic mass is 16.5. The van der Waals surface area contributed by atoms with Crippen LogP contribution in [0.25, 0.3) is 0 Å². The molecule has 0 bridgehead atoms. The Bertz CT molecular complexity index is 515. The van der Waals surface area contributed by atoms with Gasteiger partial charge in [0.2, 0.25) is 5.82 Å². The third-order valence-electron chi connectivity index (χ3n) is 2.59. The van der Waals surface area contributed by atoms with Gasteiger partial charge < -0.3 is 9.84 Å².